The number of piperazine rings is 1. The number of terminal acetylenes is 1. The van der Waals surface area contributed by atoms with Gasteiger partial charge in [0, 0.05) is 38.8 Å². The van der Waals surface area contributed by atoms with Crippen molar-refractivity contribution in [2.45, 2.75) is 44.3 Å². The lowest BCUT2D eigenvalue weighted by molar-refractivity contribution is -0.142. The molecule has 6 heteroatoms. The summed E-state index contributed by atoms with van der Waals surface area (Å²) >= 11 is 0. The number of hydrogen-bond donors (Lipinski definition) is 1. The molecule has 0 aromatic heterocycles. The Hall–Kier alpha value is -1.90. The summed E-state index contributed by atoms with van der Waals surface area (Å²) < 4.78 is 0. The first-order chi connectivity index (χ1) is 9.08. The van der Waals surface area contributed by atoms with Crippen LogP contribution in [0.3, 0.4) is 0 Å². The van der Waals surface area contributed by atoms with Crippen molar-refractivity contribution >= 4 is 11.8 Å². The van der Waals surface area contributed by atoms with Gasteiger partial charge in [0.05, 0.1) is 0 Å². The second-order valence-corrected chi connectivity index (χ2v) is 4.94. The molecule has 2 aliphatic heterocycles. The Kier molecular flexibility index (Phi) is 3.84. The SMILES string of the molecule is C#CCCC1(CCC(=O)N2CCNC(=O)C2C)N=N1. The maximum absolute atomic E-state index is 12.1. The van der Waals surface area contributed by atoms with E-state index in [0.29, 0.717) is 38.8 Å². The Balaban J connectivity index is 1.81. The van der Waals surface area contributed by atoms with Crippen LogP contribution in [0.4, 0.5) is 0 Å². The Morgan fingerprint density at radius 1 is 1.58 bits per heavy atom. The topological polar surface area (TPSA) is 74.1 Å². The Morgan fingerprint density at radius 2 is 2.32 bits per heavy atom. The van der Waals surface area contributed by atoms with Crippen molar-refractivity contribution in [1.29, 1.82) is 0 Å². The molecular weight excluding hydrogens is 244 g/mol. The van der Waals surface area contributed by atoms with Gasteiger partial charge in [-0.25, -0.2) is 0 Å². The van der Waals surface area contributed by atoms with E-state index in [1.807, 2.05) is 0 Å². The number of nitrogens with one attached hydrogen (secondary N) is 1. The lowest BCUT2D eigenvalue weighted by Gasteiger charge is -2.33. The van der Waals surface area contributed by atoms with E-state index >= 15 is 0 Å². The summed E-state index contributed by atoms with van der Waals surface area (Å²) in [6.07, 6.45) is 7.47. The standard InChI is InChI=1S/C13H18N4O2/c1-3-4-6-13(15-16-13)7-5-11(18)17-9-8-14-12(19)10(17)2/h1,10H,4-9H2,2H3,(H,14,19). The minimum absolute atomic E-state index is 0.0141. The summed E-state index contributed by atoms with van der Waals surface area (Å²) in [5.74, 6) is 2.45. The van der Waals surface area contributed by atoms with Crippen molar-refractivity contribution < 1.29 is 9.59 Å². The van der Waals surface area contributed by atoms with Gasteiger partial charge in [0.25, 0.3) is 0 Å². The maximum Gasteiger partial charge on any atom is 0.242 e. The Labute approximate surface area is 112 Å². The highest BCUT2D eigenvalue weighted by Crippen LogP contribution is 2.37. The van der Waals surface area contributed by atoms with Gasteiger partial charge in [-0.3, -0.25) is 9.59 Å². The molecule has 0 aromatic rings. The van der Waals surface area contributed by atoms with Crippen molar-refractivity contribution in [3.63, 3.8) is 0 Å². The van der Waals surface area contributed by atoms with Crippen LogP contribution in [0.2, 0.25) is 0 Å². The van der Waals surface area contributed by atoms with E-state index in [4.69, 9.17) is 6.42 Å². The van der Waals surface area contributed by atoms with Crippen molar-refractivity contribution in [3.8, 4) is 12.3 Å². The molecule has 102 valence electrons. The molecule has 2 aliphatic rings. The first kappa shape index (κ1) is 13.5. The molecule has 0 aromatic carbocycles. The predicted octanol–water partition coefficient (Wildman–Crippen LogP) is 0.689. The van der Waals surface area contributed by atoms with Gasteiger partial charge in [-0.15, -0.1) is 12.3 Å². The number of hydrogen-bond acceptors (Lipinski definition) is 4. The fourth-order valence-electron chi connectivity index (χ4n) is 2.24. The van der Waals surface area contributed by atoms with E-state index in [0.717, 1.165) is 0 Å². The van der Waals surface area contributed by atoms with E-state index in [2.05, 4.69) is 21.5 Å². The summed E-state index contributed by atoms with van der Waals surface area (Å²) in [7, 11) is 0. The van der Waals surface area contributed by atoms with Crippen LogP contribution in [0.15, 0.2) is 10.2 Å². The summed E-state index contributed by atoms with van der Waals surface area (Å²) in [6.45, 7) is 2.83. The van der Waals surface area contributed by atoms with Crippen LogP contribution in [0, 0.1) is 12.3 Å². The van der Waals surface area contributed by atoms with Gasteiger partial charge in [0.15, 0.2) is 5.66 Å². The summed E-state index contributed by atoms with van der Waals surface area (Å²) in [6, 6.07) is -0.393. The predicted molar refractivity (Wildman–Crippen MR) is 69.1 cm³/mol. The van der Waals surface area contributed by atoms with E-state index in [-0.39, 0.29) is 11.8 Å². The molecule has 1 saturated heterocycles. The van der Waals surface area contributed by atoms with E-state index in [9.17, 15) is 9.59 Å². The zero-order chi connectivity index (χ0) is 13.9. The van der Waals surface area contributed by atoms with Gasteiger partial charge in [-0.1, -0.05) is 0 Å². The lowest BCUT2D eigenvalue weighted by atomic mass is 10.0. The van der Waals surface area contributed by atoms with Crippen molar-refractivity contribution in [3.05, 3.63) is 0 Å². The van der Waals surface area contributed by atoms with E-state index in [1.165, 1.54) is 0 Å². The molecule has 2 amide bonds. The average Bonchev–Trinajstić information content (AvgIpc) is 3.17. The number of carbonyl (C=O) groups excluding carboxylic acids is 2. The largest absolute Gasteiger partial charge is 0.353 e. The third-order valence-corrected chi connectivity index (χ3v) is 3.61. The smallest absolute Gasteiger partial charge is 0.242 e. The quantitative estimate of drug-likeness (QED) is 0.740. The van der Waals surface area contributed by atoms with Gasteiger partial charge in [0.2, 0.25) is 11.8 Å². The molecule has 0 radical (unpaired) electrons. The molecule has 1 fully saturated rings. The highest BCUT2D eigenvalue weighted by molar-refractivity contribution is 5.88. The van der Waals surface area contributed by atoms with Gasteiger partial charge < -0.3 is 10.2 Å². The molecule has 2 rings (SSSR count). The molecule has 0 spiro atoms. The Morgan fingerprint density at radius 3 is 2.95 bits per heavy atom. The number of carbonyl (C=O) groups is 2. The maximum atomic E-state index is 12.1. The van der Waals surface area contributed by atoms with Crippen LogP contribution in [0.5, 0.6) is 0 Å². The summed E-state index contributed by atoms with van der Waals surface area (Å²) in [4.78, 5) is 25.2. The van der Waals surface area contributed by atoms with Crippen LogP contribution in [-0.4, -0.2) is 41.5 Å². The van der Waals surface area contributed by atoms with Gasteiger partial charge in [-0.05, 0) is 6.92 Å². The second-order valence-electron chi connectivity index (χ2n) is 4.94. The fourth-order valence-corrected chi connectivity index (χ4v) is 2.24. The van der Waals surface area contributed by atoms with Crippen LogP contribution >= 0.6 is 0 Å². The zero-order valence-electron chi connectivity index (χ0n) is 11.1. The molecule has 2 heterocycles. The van der Waals surface area contributed by atoms with Gasteiger partial charge in [-0.2, -0.15) is 10.2 Å². The minimum Gasteiger partial charge on any atom is -0.353 e. The molecular formula is C13H18N4O2. The molecule has 6 nitrogen and oxygen atoms in total. The highest BCUT2D eigenvalue weighted by atomic mass is 16.2. The van der Waals surface area contributed by atoms with E-state index in [1.54, 1.807) is 11.8 Å². The summed E-state index contributed by atoms with van der Waals surface area (Å²) in [5.41, 5.74) is -0.427. The molecule has 0 aliphatic carbocycles. The third kappa shape index (κ3) is 3.11. The lowest BCUT2D eigenvalue weighted by Crippen LogP contribution is -2.55. The third-order valence-electron chi connectivity index (χ3n) is 3.61. The number of nitrogens with zero attached hydrogens (tertiary/aromatic N) is 3. The van der Waals surface area contributed by atoms with Crippen LogP contribution in [-0.2, 0) is 9.59 Å². The van der Waals surface area contributed by atoms with Crippen LogP contribution in [0.1, 0.15) is 32.6 Å². The minimum atomic E-state index is -0.427. The van der Waals surface area contributed by atoms with Crippen LogP contribution < -0.4 is 5.32 Å². The van der Waals surface area contributed by atoms with Crippen molar-refractivity contribution in [1.82, 2.24) is 10.2 Å². The molecule has 1 unspecified atom stereocenters. The average molecular weight is 262 g/mol. The van der Waals surface area contributed by atoms with Crippen LogP contribution in [0.25, 0.3) is 0 Å². The molecule has 0 saturated carbocycles. The zero-order valence-corrected chi connectivity index (χ0v) is 11.1. The monoisotopic (exact) mass is 262 g/mol. The second kappa shape index (κ2) is 5.39. The number of rotatable bonds is 5. The van der Waals surface area contributed by atoms with Gasteiger partial charge in [0.1, 0.15) is 6.04 Å². The molecule has 0 bridgehead atoms. The highest BCUT2D eigenvalue weighted by Gasteiger charge is 2.40. The van der Waals surface area contributed by atoms with Crippen molar-refractivity contribution in [2.75, 3.05) is 13.1 Å². The summed E-state index contributed by atoms with van der Waals surface area (Å²) in [5, 5.41) is 10.7. The first-order valence-electron chi connectivity index (χ1n) is 6.53. The molecule has 19 heavy (non-hydrogen) atoms. The normalized spacial score (nSPS) is 23.7. The Bertz CT molecular complexity index is 446. The van der Waals surface area contributed by atoms with Crippen molar-refractivity contribution in [2.24, 2.45) is 10.2 Å². The molecule has 1 atom stereocenters. The number of amides is 2. The van der Waals surface area contributed by atoms with E-state index < -0.39 is 11.7 Å². The van der Waals surface area contributed by atoms with Gasteiger partial charge >= 0.3 is 0 Å². The molecule has 1 N–H and O–H groups in total. The fraction of sp³-hybridized carbons (Fsp3) is 0.692. The first-order valence-corrected chi connectivity index (χ1v) is 6.53.